The molecule has 0 bridgehead atoms. The molecule has 1 fully saturated rings. The topological polar surface area (TPSA) is 75.0 Å². The van der Waals surface area contributed by atoms with Crippen molar-refractivity contribution >= 4 is 15.9 Å². The number of halogens is 1. The minimum atomic E-state index is -1.80. The fraction of sp³-hybridized carbons (Fsp3) is 0.281. The van der Waals surface area contributed by atoms with Crippen LogP contribution in [0.15, 0.2) is 102 Å². The van der Waals surface area contributed by atoms with Crippen molar-refractivity contribution in [2.24, 2.45) is 5.92 Å². The number of rotatable bonds is 7. The lowest BCUT2D eigenvalue weighted by Crippen LogP contribution is -2.52. The lowest BCUT2D eigenvalue weighted by atomic mass is 9.70. The van der Waals surface area contributed by atoms with E-state index in [0.717, 1.165) is 15.6 Å². The molecule has 2 N–H and O–H groups in total. The summed E-state index contributed by atoms with van der Waals surface area (Å²) in [5.41, 5.74) is 0.235. The van der Waals surface area contributed by atoms with Crippen LogP contribution >= 0.6 is 15.9 Å². The molecule has 5 atom stereocenters. The Kier molecular flexibility index (Phi) is 6.71. The van der Waals surface area contributed by atoms with Gasteiger partial charge in [0.2, 0.25) is 0 Å². The second-order valence-corrected chi connectivity index (χ2v) is 11.4. The number of methoxy groups -OCH3 is 1. The average Bonchev–Trinajstić information content (AvgIpc) is 3.33. The molecule has 6 rings (SSSR count). The van der Waals surface area contributed by atoms with Crippen LogP contribution in [0.2, 0.25) is 0 Å². The normalized spacial score (nSPS) is 27.2. The maximum Gasteiger partial charge on any atom is 0.177 e. The van der Waals surface area contributed by atoms with Crippen molar-refractivity contribution in [2.45, 2.75) is 29.8 Å². The highest BCUT2D eigenvalue weighted by molar-refractivity contribution is 9.10. The zero-order valence-electron chi connectivity index (χ0n) is 21.9. The summed E-state index contributed by atoms with van der Waals surface area (Å²) in [4.78, 5) is 6.50. The van der Waals surface area contributed by atoms with E-state index in [1.165, 1.54) is 5.56 Å². The van der Waals surface area contributed by atoms with Crippen LogP contribution in [0.3, 0.4) is 0 Å². The molecule has 5 unspecified atom stereocenters. The van der Waals surface area contributed by atoms with Gasteiger partial charge in [0.25, 0.3) is 0 Å². The first-order valence-electron chi connectivity index (χ1n) is 13.1. The lowest BCUT2D eigenvalue weighted by molar-refractivity contribution is -0.152. The van der Waals surface area contributed by atoms with Gasteiger partial charge in [0, 0.05) is 29.4 Å². The number of benzene rings is 3. The molecule has 2 aliphatic rings. The van der Waals surface area contributed by atoms with Crippen molar-refractivity contribution in [1.82, 2.24) is 9.88 Å². The maximum absolute atomic E-state index is 12.9. The summed E-state index contributed by atoms with van der Waals surface area (Å²) in [6, 6.07) is 28.1. The molecule has 1 aromatic heterocycles. The van der Waals surface area contributed by atoms with Crippen molar-refractivity contribution in [3.8, 4) is 11.5 Å². The van der Waals surface area contributed by atoms with E-state index in [1.807, 2.05) is 67.7 Å². The van der Waals surface area contributed by atoms with E-state index in [1.54, 1.807) is 19.5 Å². The van der Waals surface area contributed by atoms with Crippen molar-refractivity contribution in [2.75, 3.05) is 20.7 Å². The number of hydrogen-bond donors (Lipinski definition) is 2. The van der Waals surface area contributed by atoms with Crippen LogP contribution in [0.5, 0.6) is 11.5 Å². The molecule has 39 heavy (non-hydrogen) atoms. The molecule has 6 nitrogen and oxygen atoms in total. The van der Waals surface area contributed by atoms with E-state index in [-0.39, 0.29) is 5.92 Å². The molecular formula is C32H31BrN2O4. The molecular weight excluding hydrogens is 556 g/mol. The second kappa shape index (κ2) is 10.1. The highest BCUT2D eigenvalue weighted by Crippen LogP contribution is 2.69. The van der Waals surface area contributed by atoms with Gasteiger partial charge in [-0.05, 0) is 35.9 Å². The van der Waals surface area contributed by atoms with Crippen molar-refractivity contribution in [1.29, 1.82) is 0 Å². The van der Waals surface area contributed by atoms with Gasteiger partial charge in [-0.1, -0.05) is 88.7 Å². The maximum atomic E-state index is 12.9. The van der Waals surface area contributed by atoms with Crippen molar-refractivity contribution in [3.63, 3.8) is 0 Å². The highest BCUT2D eigenvalue weighted by Gasteiger charge is 2.76. The van der Waals surface area contributed by atoms with Gasteiger partial charge in [-0.3, -0.25) is 4.98 Å². The van der Waals surface area contributed by atoms with Gasteiger partial charge < -0.3 is 24.6 Å². The zero-order chi connectivity index (χ0) is 27.2. The van der Waals surface area contributed by atoms with Crippen LogP contribution in [-0.4, -0.2) is 46.9 Å². The van der Waals surface area contributed by atoms with Crippen molar-refractivity contribution < 1.29 is 19.7 Å². The largest absolute Gasteiger partial charge is 0.495 e. The van der Waals surface area contributed by atoms with E-state index < -0.39 is 23.2 Å². The third kappa shape index (κ3) is 3.99. The van der Waals surface area contributed by atoms with E-state index in [2.05, 4.69) is 50.1 Å². The molecule has 0 amide bonds. The molecule has 3 aromatic carbocycles. The van der Waals surface area contributed by atoms with Crippen LogP contribution in [0.4, 0.5) is 0 Å². The van der Waals surface area contributed by atoms with E-state index in [0.29, 0.717) is 30.2 Å². The minimum absolute atomic E-state index is 0.374. The summed E-state index contributed by atoms with van der Waals surface area (Å²) in [5.74, 6) is 0.0324. The van der Waals surface area contributed by atoms with Gasteiger partial charge in [0.15, 0.2) is 11.2 Å². The number of aromatic nitrogens is 1. The van der Waals surface area contributed by atoms with E-state index in [4.69, 9.17) is 9.47 Å². The number of pyridine rings is 1. The molecule has 7 heteroatoms. The van der Waals surface area contributed by atoms with Gasteiger partial charge in [-0.2, -0.15) is 0 Å². The summed E-state index contributed by atoms with van der Waals surface area (Å²) < 4.78 is 13.5. The molecule has 0 saturated heterocycles. The van der Waals surface area contributed by atoms with Crippen LogP contribution in [-0.2, 0) is 17.7 Å². The highest BCUT2D eigenvalue weighted by atomic mass is 79.9. The van der Waals surface area contributed by atoms with Crippen LogP contribution in [0.1, 0.15) is 28.2 Å². The summed E-state index contributed by atoms with van der Waals surface area (Å²) >= 11 is 3.55. The Morgan fingerprint density at radius 3 is 2.31 bits per heavy atom. The van der Waals surface area contributed by atoms with Crippen molar-refractivity contribution in [3.05, 3.63) is 124 Å². The number of nitrogens with zero attached hydrogens (tertiary/aromatic N) is 2. The monoisotopic (exact) mass is 586 g/mol. The Balaban J connectivity index is 1.55. The Morgan fingerprint density at radius 2 is 1.64 bits per heavy atom. The fourth-order valence-corrected chi connectivity index (χ4v) is 7.02. The Morgan fingerprint density at radius 1 is 0.974 bits per heavy atom. The second-order valence-electron chi connectivity index (χ2n) is 10.5. The Hall–Kier alpha value is -3.23. The molecule has 200 valence electrons. The van der Waals surface area contributed by atoms with Gasteiger partial charge in [-0.15, -0.1) is 0 Å². The first kappa shape index (κ1) is 26.0. The summed E-state index contributed by atoms with van der Waals surface area (Å²) in [6.45, 7) is 1.24. The minimum Gasteiger partial charge on any atom is -0.495 e. The molecule has 2 heterocycles. The van der Waals surface area contributed by atoms with Gasteiger partial charge in [0.05, 0.1) is 31.2 Å². The molecule has 0 radical (unpaired) electrons. The first-order valence-corrected chi connectivity index (χ1v) is 13.8. The summed E-state index contributed by atoms with van der Waals surface area (Å²) in [5, 5.41) is 25.2. The number of aliphatic hydroxyl groups excluding tert-OH is 1. The quantitative estimate of drug-likeness (QED) is 0.309. The lowest BCUT2D eigenvalue weighted by Gasteiger charge is -2.41. The van der Waals surface area contributed by atoms with E-state index in [9.17, 15) is 10.2 Å². The van der Waals surface area contributed by atoms with Crippen LogP contribution in [0, 0.1) is 5.92 Å². The molecule has 4 aromatic rings. The number of hydrogen-bond acceptors (Lipinski definition) is 6. The zero-order valence-corrected chi connectivity index (χ0v) is 23.5. The number of ether oxygens (including phenoxy) is 2. The fourth-order valence-electron chi connectivity index (χ4n) is 6.75. The third-order valence-electron chi connectivity index (χ3n) is 8.26. The first-order chi connectivity index (χ1) is 18.9. The summed E-state index contributed by atoms with van der Waals surface area (Å²) in [7, 11) is 3.59. The predicted octanol–water partition coefficient (Wildman–Crippen LogP) is 5.23. The predicted molar refractivity (Wildman–Crippen MR) is 153 cm³/mol. The number of aliphatic hydroxyl groups is 2. The third-order valence-corrected chi connectivity index (χ3v) is 8.79. The van der Waals surface area contributed by atoms with Gasteiger partial charge in [-0.25, -0.2) is 0 Å². The Bertz CT molecular complexity index is 1450. The van der Waals surface area contributed by atoms with Gasteiger partial charge >= 0.3 is 0 Å². The Labute approximate surface area is 237 Å². The molecule has 1 aliphatic heterocycles. The van der Waals surface area contributed by atoms with Gasteiger partial charge in [0.1, 0.15) is 11.5 Å². The molecule has 0 spiro atoms. The standard InChI is InChI=1S/C32H31BrN2O4/c1-35(19-21-9-5-3-6-10-21)20-25-28(22-11-7-4-8-12-22)32(23-13-15-24(33)16-14-23)31(37,30(25)36)29-26(38-2)17-34-18-27(29)39-32/h3-18,25,28,30,36-37H,19-20H2,1-2H3. The SMILES string of the molecule is COc1cncc2c1C1(O)C(O)C(CN(C)Cc3ccccc3)C(c3ccccc3)C1(c1ccc(Br)cc1)O2. The number of fused-ring (bicyclic) bond motifs is 3. The van der Waals surface area contributed by atoms with E-state index >= 15 is 0 Å². The summed E-state index contributed by atoms with van der Waals surface area (Å²) in [6.07, 6.45) is 2.00. The van der Waals surface area contributed by atoms with Crippen LogP contribution in [0.25, 0.3) is 0 Å². The molecule has 1 aliphatic carbocycles. The molecule has 1 saturated carbocycles. The van der Waals surface area contributed by atoms with Crippen LogP contribution < -0.4 is 9.47 Å². The average molecular weight is 588 g/mol. The smallest absolute Gasteiger partial charge is 0.177 e.